The molecule has 0 spiro atoms. The number of nitrogens with zero attached hydrogens (tertiary/aromatic N) is 1. The van der Waals surface area contributed by atoms with Crippen molar-refractivity contribution in [2.24, 2.45) is 0 Å². The Balaban J connectivity index is 1.69. The van der Waals surface area contributed by atoms with Crippen LogP contribution in [0.3, 0.4) is 0 Å². The zero-order chi connectivity index (χ0) is 19.1. The van der Waals surface area contributed by atoms with Crippen molar-refractivity contribution in [2.75, 3.05) is 0 Å². The van der Waals surface area contributed by atoms with Crippen LogP contribution in [0.5, 0.6) is 0 Å². The van der Waals surface area contributed by atoms with E-state index in [1.54, 1.807) is 13.0 Å². The van der Waals surface area contributed by atoms with Crippen molar-refractivity contribution >= 4 is 16.9 Å². The lowest BCUT2D eigenvalue weighted by molar-refractivity contribution is 0.0928. The van der Waals surface area contributed by atoms with Crippen LogP contribution in [0.25, 0.3) is 11.0 Å². The van der Waals surface area contributed by atoms with Gasteiger partial charge in [0.2, 0.25) is 0 Å². The summed E-state index contributed by atoms with van der Waals surface area (Å²) in [5, 5.41) is 3.17. The summed E-state index contributed by atoms with van der Waals surface area (Å²) in [5.74, 6) is -0.704. The molecule has 3 N–H and O–H groups in total. The number of aryl methyl sites for hydroxylation is 2. The summed E-state index contributed by atoms with van der Waals surface area (Å²) in [4.78, 5) is 44.9. The summed E-state index contributed by atoms with van der Waals surface area (Å²) in [6.07, 6.45) is 2.36. The molecule has 0 radical (unpaired) electrons. The number of carbonyl (C=O) groups is 1. The van der Waals surface area contributed by atoms with Crippen molar-refractivity contribution in [3.63, 3.8) is 0 Å². The van der Waals surface area contributed by atoms with E-state index in [1.165, 1.54) is 18.2 Å². The van der Waals surface area contributed by atoms with Crippen molar-refractivity contribution in [1.82, 2.24) is 20.3 Å². The van der Waals surface area contributed by atoms with Crippen molar-refractivity contribution < 1.29 is 9.18 Å². The standard InChI is InChI=1S/C19H17FN4O3/c1-9-7-14(21-16-15(9)18(26)24-19(27)23-16)17(25)22-13-4-2-3-10-8-11(20)5-6-12(10)13/h5-8,13H,2-4H2,1H3,(H,22,25)(H2,21,23,24,26,27). The molecule has 0 fully saturated rings. The summed E-state index contributed by atoms with van der Waals surface area (Å²) in [6.45, 7) is 1.67. The second-order valence-electron chi connectivity index (χ2n) is 6.72. The summed E-state index contributed by atoms with van der Waals surface area (Å²) in [6, 6.07) is 5.87. The number of amides is 1. The van der Waals surface area contributed by atoms with Gasteiger partial charge in [0.05, 0.1) is 11.4 Å². The Morgan fingerprint density at radius 2 is 2.07 bits per heavy atom. The van der Waals surface area contributed by atoms with Crippen LogP contribution in [-0.2, 0) is 6.42 Å². The minimum atomic E-state index is -0.680. The van der Waals surface area contributed by atoms with Crippen LogP contribution in [0.1, 0.15) is 46.1 Å². The molecule has 2 aromatic heterocycles. The zero-order valence-corrected chi connectivity index (χ0v) is 14.6. The first kappa shape index (κ1) is 17.1. The molecule has 1 atom stereocenters. The van der Waals surface area contributed by atoms with Crippen LogP contribution < -0.4 is 16.6 Å². The lowest BCUT2D eigenvalue weighted by atomic mass is 9.87. The van der Waals surface area contributed by atoms with Crippen molar-refractivity contribution in [1.29, 1.82) is 0 Å². The van der Waals surface area contributed by atoms with Gasteiger partial charge in [0, 0.05) is 0 Å². The molecule has 2 heterocycles. The van der Waals surface area contributed by atoms with Gasteiger partial charge in [-0.2, -0.15) is 0 Å². The number of aromatic amines is 2. The van der Waals surface area contributed by atoms with Crippen LogP contribution >= 0.6 is 0 Å². The number of pyridine rings is 1. The Labute approximate surface area is 152 Å². The van der Waals surface area contributed by atoms with E-state index in [0.717, 1.165) is 30.4 Å². The summed E-state index contributed by atoms with van der Waals surface area (Å²) >= 11 is 0. The Morgan fingerprint density at radius 1 is 1.26 bits per heavy atom. The summed E-state index contributed by atoms with van der Waals surface area (Å²) in [5.41, 5.74) is 1.28. The highest BCUT2D eigenvalue weighted by Gasteiger charge is 2.23. The summed E-state index contributed by atoms with van der Waals surface area (Å²) in [7, 11) is 0. The predicted molar refractivity (Wildman–Crippen MR) is 97.3 cm³/mol. The summed E-state index contributed by atoms with van der Waals surface area (Å²) < 4.78 is 13.5. The number of carbonyl (C=O) groups excluding carboxylic acids is 1. The molecule has 0 bridgehead atoms. The van der Waals surface area contributed by atoms with Crippen LogP contribution in [0.4, 0.5) is 4.39 Å². The number of halogens is 1. The zero-order valence-electron chi connectivity index (χ0n) is 14.6. The molecule has 7 nitrogen and oxygen atoms in total. The lowest BCUT2D eigenvalue weighted by Crippen LogP contribution is -2.32. The van der Waals surface area contributed by atoms with Crippen LogP contribution in [-0.4, -0.2) is 20.9 Å². The highest BCUT2D eigenvalue weighted by molar-refractivity contribution is 5.95. The maximum Gasteiger partial charge on any atom is 0.327 e. The molecular formula is C19H17FN4O3. The Kier molecular flexibility index (Phi) is 4.10. The fourth-order valence-electron chi connectivity index (χ4n) is 3.64. The van der Waals surface area contributed by atoms with Gasteiger partial charge >= 0.3 is 5.69 Å². The maximum absolute atomic E-state index is 13.5. The van der Waals surface area contributed by atoms with Crippen LogP contribution in [0.15, 0.2) is 33.9 Å². The number of fused-ring (bicyclic) bond motifs is 2. The van der Waals surface area contributed by atoms with E-state index in [1.807, 2.05) is 0 Å². The first-order valence-corrected chi connectivity index (χ1v) is 8.65. The fraction of sp³-hybridized carbons (Fsp3) is 0.263. The molecule has 1 unspecified atom stereocenters. The number of H-pyrrole nitrogens is 2. The fourth-order valence-corrected chi connectivity index (χ4v) is 3.64. The van der Waals surface area contributed by atoms with Gasteiger partial charge in [-0.1, -0.05) is 6.07 Å². The van der Waals surface area contributed by atoms with Crippen LogP contribution in [0.2, 0.25) is 0 Å². The smallest absolute Gasteiger partial charge is 0.327 e. The van der Waals surface area contributed by atoms with Gasteiger partial charge in [-0.3, -0.25) is 19.6 Å². The van der Waals surface area contributed by atoms with Gasteiger partial charge in [-0.15, -0.1) is 0 Å². The quantitative estimate of drug-likeness (QED) is 0.642. The van der Waals surface area contributed by atoms with Gasteiger partial charge in [-0.05, 0) is 61.1 Å². The largest absolute Gasteiger partial charge is 0.344 e. The van der Waals surface area contributed by atoms with Crippen LogP contribution in [0, 0.1) is 12.7 Å². The van der Waals surface area contributed by atoms with E-state index in [9.17, 15) is 18.8 Å². The molecule has 0 saturated heterocycles. The SMILES string of the molecule is Cc1cc(C(=O)NC2CCCc3cc(F)ccc32)nc2[nH]c(=O)[nH]c(=O)c12. The minimum absolute atomic E-state index is 0.0695. The maximum atomic E-state index is 13.5. The topological polar surface area (TPSA) is 108 Å². The van der Waals surface area contributed by atoms with E-state index >= 15 is 0 Å². The van der Waals surface area contributed by atoms with Crippen molar-refractivity contribution in [2.45, 2.75) is 32.2 Å². The van der Waals surface area contributed by atoms with E-state index < -0.39 is 17.2 Å². The van der Waals surface area contributed by atoms with E-state index in [2.05, 4.69) is 20.3 Å². The lowest BCUT2D eigenvalue weighted by Gasteiger charge is -2.26. The Morgan fingerprint density at radius 3 is 2.89 bits per heavy atom. The molecule has 138 valence electrons. The first-order valence-electron chi connectivity index (χ1n) is 8.65. The van der Waals surface area contributed by atoms with Gasteiger partial charge in [0.15, 0.2) is 0 Å². The van der Waals surface area contributed by atoms with Gasteiger partial charge < -0.3 is 5.32 Å². The molecule has 4 rings (SSSR count). The third kappa shape index (κ3) is 3.14. The Hall–Kier alpha value is -3.29. The molecular weight excluding hydrogens is 351 g/mol. The van der Waals surface area contributed by atoms with Gasteiger partial charge in [-0.25, -0.2) is 14.2 Å². The average Bonchev–Trinajstić information content (AvgIpc) is 2.60. The molecule has 3 aromatic rings. The monoisotopic (exact) mass is 368 g/mol. The molecule has 8 heteroatoms. The number of nitrogens with one attached hydrogen (secondary N) is 3. The molecule has 1 aromatic carbocycles. The normalized spacial score (nSPS) is 16.1. The second kappa shape index (κ2) is 6.46. The van der Waals surface area contributed by atoms with Gasteiger partial charge in [0.25, 0.3) is 11.5 Å². The Bertz CT molecular complexity index is 1180. The molecule has 1 aliphatic rings. The molecule has 27 heavy (non-hydrogen) atoms. The first-order chi connectivity index (χ1) is 12.9. The number of hydrogen-bond acceptors (Lipinski definition) is 4. The average molecular weight is 368 g/mol. The minimum Gasteiger partial charge on any atom is -0.344 e. The number of aromatic nitrogens is 3. The number of rotatable bonds is 2. The molecule has 0 saturated carbocycles. The van der Waals surface area contributed by atoms with Gasteiger partial charge in [0.1, 0.15) is 17.2 Å². The molecule has 0 aliphatic heterocycles. The van der Waals surface area contributed by atoms with E-state index in [4.69, 9.17) is 0 Å². The van der Waals surface area contributed by atoms with E-state index in [0.29, 0.717) is 5.56 Å². The number of hydrogen-bond donors (Lipinski definition) is 3. The van der Waals surface area contributed by atoms with Crippen molar-refractivity contribution in [3.8, 4) is 0 Å². The second-order valence-corrected chi connectivity index (χ2v) is 6.72. The third-order valence-electron chi connectivity index (χ3n) is 4.86. The third-order valence-corrected chi connectivity index (χ3v) is 4.86. The highest BCUT2D eigenvalue weighted by atomic mass is 19.1. The van der Waals surface area contributed by atoms with Crippen molar-refractivity contribution in [3.05, 3.63) is 73.3 Å². The predicted octanol–water partition coefficient (Wildman–Crippen LogP) is 1.87. The number of benzene rings is 1. The van der Waals surface area contributed by atoms with E-state index in [-0.39, 0.29) is 28.6 Å². The highest BCUT2D eigenvalue weighted by Crippen LogP contribution is 2.30. The molecule has 1 aliphatic carbocycles. The molecule has 1 amide bonds.